The van der Waals surface area contributed by atoms with Crippen LogP contribution in [0.3, 0.4) is 0 Å². The molecule has 0 aliphatic rings. The van der Waals surface area contributed by atoms with E-state index in [0.29, 0.717) is 6.04 Å². The van der Waals surface area contributed by atoms with Crippen molar-refractivity contribution < 1.29 is 4.74 Å². The summed E-state index contributed by atoms with van der Waals surface area (Å²) in [5.74, 6) is 0.877. The molecule has 0 saturated heterocycles. The van der Waals surface area contributed by atoms with Crippen molar-refractivity contribution in [2.75, 3.05) is 20.2 Å². The van der Waals surface area contributed by atoms with Crippen LogP contribution < -0.4 is 10.1 Å². The third-order valence-electron chi connectivity index (χ3n) is 2.45. The van der Waals surface area contributed by atoms with E-state index in [4.69, 9.17) is 4.74 Å². The first kappa shape index (κ1) is 13.0. The Labute approximate surface area is 98.0 Å². The molecule has 0 bridgehead atoms. The molecule has 0 amide bonds. The van der Waals surface area contributed by atoms with E-state index in [9.17, 15) is 0 Å². The summed E-state index contributed by atoms with van der Waals surface area (Å²) in [5, 5.41) is 7.36. The molecule has 4 heteroatoms. The second-order valence-corrected chi connectivity index (χ2v) is 4.26. The van der Waals surface area contributed by atoms with Crippen LogP contribution in [-0.2, 0) is 0 Å². The van der Waals surface area contributed by atoms with E-state index in [1.54, 1.807) is 6.20 Å². The van der Waals surface area contributed by atoms with Gasteiger partial charge in [-0.15, -0.1) is 0 Å². The summed E-state index contributed by atoms with van der Waals surface area (Å²) >= 11 is 0. The highest BCUT2D eigenvalue weighted by atomic mass is 16.5. The Morgan fingerprint density at radius 1 is 1.38 bits per heavy atom. The molecule has 0 fully saturated rings. The minimum atomic E-state index is 0.396. The average Bonchev–Trinajstić information content (AvgIpc) is 2.72. The van der Waals surface area contributed by atoms with Crippen LogP contribution in [0.4, 0.5) is 0 Å². The van der Waals surface area contributed by atoms with E-state index in [2.05, 4.69) is 24.3 Å². The van der Waals surface area contributed by atoms with Gasteiger partial charge >= 0.3 is 0 Å². The van der Waals surface area contributed by atoms with Crippen molar-refractivity contribution in [3.05, 3.63) is 12.4 Å². The molecule has 0 saturated carbocycles. The number of aromatic nitrogens is 2. The molecule has 1 aromatic heterocycles. The summed E-state index contributed by atoms with van der Waals surface area (Å²) < 4.78 is 7.53. The Kier molecular flexibility index (Phi) is 5.93. The highest BCUT2D eigenvalue weighted by Gasteiger charge is 2.01. The Bertz CT molecular complexity index is 284. The first-order valence-electron chi connectivity index (χ1n) is 6.05. The van der Waals surface area contributed by atoms with Gasteiger partial charge in [0.2, 0.25) is 0 Å². The molecule has 1 rings (SSSR count). The Morgan fingerprint density at radius 2 is 2.19 bits per heavy atom. The van der Waals surface area contributed by atoms with Crippen LogP contribution in [0.25, 0.3) is 0 Å². The molecule has 0 radical (unpaired) electrons. The molecule has 92 valence electrons. The van der Waals surface area contributed by atoms with Gasteiger partial charge in [-0.25, -0.2) is 0 Å². The van der Waals surface area contributed by atoms with Crippen LogP contribution in [-0.4, -0.2) is 30.0 Å². The van der Waals surface area contributed by atoms with E-state index in [1.165, 1.54) is 12.8 Å². The van der Waals surface area contributed by atoms with Gasteiger partial charge in [-0.3, -0.25) is 4.68 Å². The lowest BCUT2D eigenvalue weighted by atomic mass is 10.2. The zero-order chi connectivity index (χ0) is 11.8. The maximum Gasteiger partial charge on any atom is 0.157 e. The van der Waals surface area contributed by atoms with Crippen LogP contribution in [0, 0.1) is 0 Å². The molecule has 4 nitrogen and oxygen atoms in total. The fourth-order valence-electron chi connectivity index (χ4n) is 1.45. The lowest BCUT2D eigenvalue weighted by Gasteiger charge is -2.04. The van der Waals surface area contributed by atoms with Gasteiger partial charge in [0.25, 0.3) is 0 Å². The number of hydrogen-bond acceptors (Lipinski definition) is 3. The van der Waals surface area contributed by atoms with Gasteiger partial charge in [0.05, 0.1) is 19.0 Å². The van der Waals surface area contributed by atoms with Gasteiger partial charge in [-0.1, -0.05) is 0 Å². The number of rotatable bonds is 8. The van der Waals surface area contributed by atoms with Gasteiger partial charge in [-0.2, -0.15) is 5.10 Å². The molecule has 0 aliphatic carbocycles. The molecule has 0 aliphatic heterocycles. The zero-order valence-corrected chi connectivity index (χ0v) is 10.6. The summed E-state index contributed by atoms with van der Waals surface area (Å²) in [4.78, 5) is 0. The highest BCUT2D eigenvalue weighted by Crippen LogP contribution is 2.12. The molecular weight excluding hydrogens is 202 g/mol. The second kappa shape index (κ2) is 7.28. The number of ether oxygens (including phenoxy) is 1. The van der Waals surface area contributed by atoms with Crippen molar-refractivity contribution >= 4 is 0 Å². The van der Waals surface area contributed by atoms with E-state index in [0.717, 1.165) is 25.3 Å². The van der Waals surface area contributed by atoms with Crippen molar-refractivity contribution in [1.82, 2.24) is 15.1 Å². The van der Waals surface area contributed by atoms with Crippen molar-refractivity contribution in [3.8, 4) is 5.75 Å². The molecule has 0 spiro atoms. The Hall–Kier alpha value is -1.03. The second-order valence-electron chi connectivity index (χ2n) is 4.26. The summed E-state index contributed by atoms with van der Waals surface area (Å²) in [6.07, 6.45) is 7.27. The standard InChI is InChI=1S/C12H23N3O/c1-11(2)15-10-12(9-14-15)16-8-6-4-5-7-13-3/h9-11,13H,4-8H2,1-3H3. The lowest BCUT2D eigenvalue weighted by molar-refractivity contribution is 0.304. The van der Waals surface area contributed by atoms with Crippen molar-refractivity contribution in [2.45, 2.75) is 39.2 Å². The highest BCUT2D eigenvalue weighted by molar-refractivity contribution is 5.11. The largest absolute Gasteiger partial charge is 0.490 e. The first-order valence-corrected chi connectivity index (χ1v) is 6.05. The Morgan fingerprint density at radius 3 is 2.81 bits per heavy atom. The van der Waals surface area contributed by atoms with Crippen LogP contribution >= 0.6 is 0 Å². The SMILES string of the molecule is CNCCCCCOc1cnn(C(C)C)c1. The third-order valence-corrected chi connectivity index (χ3v) is 2.45. The summed E-state index contributed by atoms with van der Waals surface area (Å²) in [6.45, 7) is 6.09. The molecule has 1 aromatic rings. The predicted octanol–water partition coefficient (Wildman–Crippen LogP) is 2.23. The maximum atomic E-state index is 5.61. The first-order chi connectivity index (χ1) is 7.74. The summed E-state index contributed by atoms with van der Waals surface area (Å²) in [6, 6.07) is 0.396. The normalized spacial score (nSPS) is 11.0. The summed E-state index contributed by atoms with van der Waals surface area (Å²) in [7, 11) is 1.98. The van der Waals surface area contributed by atoms with E-state index in [-0.39, 0.29) is 0 Å². The van der Waals surface area contributed by atoms with E-state index >= 15 is 0 Å². The summed E-state index contributed by atoms with van der Waals surface area (Å²) in [5.41, 5.74) is 0. The van der Waals surface area contributed by atoms with Crippen LogP contribution in [0.5, 0.6) is 5.75 Å². The van der Waals surface area contributed by atoms with Crippen LogP contribution in [0.2, 0.25) is 0 Å². The molecular formula is C12H23N3O. The molecule has 1 heterocycles. The van der Waals surface area contributed by atoms with E-state index in [1.807, 2.05) is 17.9 Å². The molecule has 1 N–H and O–H groups in total. The number of nitrogens with one attached hydrogen (secondary N) is 1. The van der Waals surface area contributed by atoms with Gasteiger partial charge in [0.15, 0.2) is 5.75 Å². The molecule has 0 atom stereocenters. The Balaban J connectivity index is 2.12. The minimum Gasteiger partial charge on any atom is -0.490 e. The fourth-order valence-corrected chi connectivity index (χ4v) is 1.45. The van der Waals surface area contributed by atoms with Crippen LogP contribution in [0.1, 0.15) is 39.2 Å². The van der Waals surface area contributed by atoms with E-state index < -0.39 is 0 Å². The minimum absolute atomic E-state index is 0.396. The van der Waals surface area contributed by atoms with Gasteiger partial charge in [-0.05, 0) is 46.7 Å². The number of unbranched alkanes of at least 4 members (excludes halogenated alkanes) is 2. The lowest BCUT2D eigenvalue weighted by Crippen LogP contribution is -2.07. The fraction of sp³-hybridized carbons (Fsp3) is 0.750. The van der Waals surface area contributed by atoms with Crippen molar-refractivity contribution in [1.29, 1.82) is 0 Å². The smallest absolute Gasteiger partial charge is 0.157 e. The quantitative estimate of drug-likeness (QED) is 0.690. The number of hydrogen-bond donors (Lipinski definition) is 1. The monoisotopic (exact) mass is 225 g/mol. The molecule has 16 heavy (non-hydrogen) atoms. The van der Waals surface area contributed by atoms with Gasteiger partial charge in [0.1, 0.15) is 0 Å². The predicted molar refractivity (Wildman–Crippen MR) is 65.9 cm³/mol. The van der Waals surface area contributed by atoms with Gasteiger partial charge < -0.3 is 10.1 Å². The third kappa shape index (κ3) is 4.66. The average molecular weight is 225 g/mol. The topological polar surface area (TPSA) is 39.1 Å². The van der Waals surface area contributed by atoms with Crippen LogP contribution in [0.15, 0.2) is 12.4 Å². The van der Waals surface area contributed by atoms with Gasteiger partial charge in [0, 0.05) is 6.04 Å². The molecule has 0 unspecified atom stereocenters. The van der Waals surface area contributed by atoms with Crippen molar-refractivity contribution in [2.24, 2.45) is 0 Å². The van der Waals surface area contributed by atoms with Crippen molar-refractivity contribution in [3.63, 3.8) is 0 Å². The maximum absolute atomic E-state index is 5.61. The zero-order valence-electron chi connectivity index (χ0n) is 10.6. The molecule has 0 aromatic carbocycles. The number of nitrogens with zero attached hydrogens (tertiary/aromatic N) is 2.